The van der Waals surface area contributed by atoms with Crippen molar-refractivity contribution < 1.29 is 40.7 Å². The van der Waals surface area contributed by atoms with Crippen molar-refractivity contribution in [2.24, 2.45) is 0 Å². The van der Waals surface area contributed by atoms with Crippen molar-refractivity contribution in [3.05, 3.63) is 82.4 Å². The zero-order valence-electron chi connectivity index (χ0n) is 20.8. The number of benzene rings is 3. The van der Waals surface area contributed by atoms with Crippen LogP contribution in [-0.4, -0.2) is 25.0 Å². The zero-order chi connectivity index (χ0) is 27.8. The Kier molecular flexibility index (Phi) is 7.40. The van der Waals surface area contributed by atoms with Crippen LogP contribution in [0.1, 0.15) is 51.6 Å². The molecule has 198 valence electrons. The third-order valence-electron chi connectivity index (χ3n) is 6.31. The molecular formula is C29H23F5O4. The average molecular weight is 530 g/mol. The fraction of sp³-hybridized carbons (Fsp3) is 0.241. The van der Waals surface area contributed by atoms with E-state index in [4.69, 9.17) is 4.42 Å². The number of hydrogen-bond donors (Lipinski definition) is 0. The van der Waals surface area contributed by atoms with Crippen molar-refractivity contribution in [3.63, 3.8) is 0 Å². The number of furan rings is 1. The summed E-state index contributed by atoms with van der Waals surface area (Å²) in [6.45, 7) is 3.22. The molecule has 0 spiro atoms. The van der Waals surface area contributed by atoms with Crippen LogP contribution in [0.25, 0.3) is 33.4 Å². The molecule has 0 atom stereocenters. The van der Waals surface area contributed by atoms with Gasteiger partial charge in [0.05, 0.1) is 18.2 Å². The van der Waals surface area contributed by atoms with Crippen molar-refractivity contribution in [2.75, 3.05) is 7.11 Å². The molecule has 0 saturated heterocycles. The zero-order valence-corrected chi connectivity index (χ0v) is 20.8. The number of hydrogen-bond acceptors (Lipinski definition) is 4. The molecule has 0 bridgehead atoms. The van der Waals surface area contributed by atoms with E-state index in [9.17, 15) is 31.5 Å². The lowest BCUT2D eigenvalue weighted by molar-refractivity contribution is -0.133. The Morgan fingerprint density at radius 3 is 2.26 bits per heavy atom. The predicted octanol–water partition coefficient (Wildman–Crippen LogP) is 8.23. The minimum absolute atomic E-state index is 0.107. The first kappa shape index (κ1) is 27.0. The van der Waals surface area contributed by atoms with Crippen LogP contribution in [0.15, 0.2) is 52.9 Å². The van der Waals surface area contributed by atoms with E-state index in [1.54, 1.807) is 13.8 Å². The van der Waals surface area contributed by atoms with Gasteiger partial charge >= 0.3 is 12.1 Å². The fourth-order valence-electron chi connectivity index (χ4n) is 4.41. The van der Waals surface area contributed by atoms with Gasteiger partial charge in [0.1, 0.15) is 23.0 Å². The molecule has 0 saturated carbocycles. The summed E-state index contributed by atoms with van der Waals surface area (Å²) < 4.78 is 78.3. The number of halogens is 5. The highest BCUT2D eigenvalue weighted by Gasteiger charge is 2.29. The first-order valence-electron chi connectivity index (χ1n) is 11.8. The second-order valence-electron chi connectivity index (χ2n) is 8.85. The maximum Gasteiger partial charge on any atom is 0.389 e. The lowest BCUT2D eigenvalue weighted by Crippen LogP contribution is -2.09. The van der Waals surface area contributed by atoms with E-state index in [1.165, 1.54) is 42.5 Å². The number of rotatable bonds is 7. The fourth-order valence-corrected chi connectivity index (χ4v) is 4.41. The molecule has 0 N–H and O–H groups in total. The lowest BCUT2D eigenvalue weighted by atomic mass is 9.89. The summed E-state index contributed by atoms with van der Waals surface area (Å²) in [6.07, 6.45) is -5.91. The number of fused-ring (bicyclic) bond motifs is 1. The normalized spacial score (nSPS) is 11.7. The van der Waals surface area contributed by atoms with Crippen LogP contribution in [0.3, 0.4) is 0 Å². The Labute approximate surface area is 215 Å². The maximum absolute atomic E-state index is 14.5. The smallest absolute Gasteiger partial charge is 0.389 e. The molecule has 0 unspecified atom stereocenters. The number of carbonyl (C=O) groups is 2. The molecule has 1 heterocycles. The Morgan fingerprint density at radius 1 is 0.974 bits per heavy atom. The number of esters is 1. The second-order valence-corrected chi connectivity index (χ2v) is 8.85. The SMILES string of the molecule is CCC(=O)c1c(-c2ccc(F)cc2)oc2cc(CCC(F)(F)F)c(-c3cc(C(=O)OC)c(F)cc3C)cc12. The monoisotopic (exact) mass is 530 g/mol. The molecule has 0 fully saturated rings. The maximum atomic E-state index is 14.5. The molecule has 3 aromatic carbocycles. The van der Waals surface area contributed by atoms with Gasteiger partial charge in [-0.15, -0.1) is 0 Å². The van der Waals surface area contributed by atoms with E-state index in [2.05, 4.69) is 4.74 Å². The summed E-state index contributed by atoms with van der Waals surface area (Å²) in [7, 11) is 1.09. The summed E-state index contributed by atoms with van der Waals surface area (Å²) in [5, 5.41) is 0.338. The highest BCUT2D eigenvalue weighted by Crippen LogP contribution is 2.40. The second kappa shape index (κ2) is 10.4. The van der Waals surface area contributed by atoms with Crippen molar-refractivity contribution in [2.45, 2.75) is 39.3 Å². The third-order valence-corrected chi connectivity index (χ3v) is 6.31. The van der Waals surface area contributed by atoms with Crippen LogP contribution in [0.5, 0.6) is 0 Å². The molecule has 9 heteroatoms. The van der Waals surface area contributed by atoms with E-state index in [0.29, 0.717) is 27.6 Å². The van der Waals surface area contributed by atoms with Gasteiger partial charge in [0.15, 0.2) is 5.78 Å². The Bertz CT molecular complexity index is 1530. The van der Waals surface area contributed by atoms with E-state index in [-0.39, 0.29) is 40.2 Å². The van der Waals surface area contributed by atoms with Gasteiger partial charge < -0.3 is 9.15 Å². The lowest BCUT2D eigenvalue weighted by Gasteiger charge is -2.15. The van der Waals surface area contributed by atoms with Gasteiger partial charge in [0, 0.05) is 23.8 Å². The minimum atomic E-state index is -4.45. The topological polar surface area (TPSA) is 56.5 Å². The number of carbonyl (C=O) groups excluding carboxylic acids is 2. The first-order chi connectivity index (χ1) is 17.9. The Hall–Kier alpha value is -4.01. The largest absolute Gasteiger partial charge is 0.465 e. The van der Waals surface area contributed by atoms with Crippen LogP contribution in [0.2, 0.25) is 0 Å². The highest BCUT2D eigenvalue weighted by atomic mass is 19.4. The van der Waals surface area contributed by atoms with Crippen molar-refractivity contribution in [1.29, 1.82) is 0 Å². The molecular weight excluding hydrogens is 507 g/mol. The summed E-state index contributed by atoms with van der Waals surface area (Å²) in [4.78, 5) is 25.2. The van der Waals surface area contributed by atoms with Gasteiger partial charge in [0.2, 0.25) is 0 Å². The third kappa shape index (κ3) is 5.32. The molecule has 4 rings (SSSR count). The van der Waals surface area contributed by atoms with Gasteiger partial charge in [0.25, 0.3) is 0 Å². The standard InChI is InChI=1S/C29H23F5O4/c1-4-24(35)26-22-14-20(19-13-21(28(36)37-3)23(31)11-15(19)2)17(9-10-29(32,33)34)12-25(22)38-27(26)16-5-7-18(30)8-6-16/h5-8,11-14H,4,9-10H2,1-3H3. The van der Waals surface area contributed by atoms with Crippen LogP contribution >= 0.6 is 0 Å². The predicted molar refractivity (Wildman–Crippen MR) is 132 cm³/mol. The molecule has 0 aliphatic rings. The molecule has 4 aromatic rings. The average Bonchev–Trinajstić information content (AvgIpc) is 3.24. The van der Waals surface area contributed by atoms with Crippen molar-refractivity contribution >= 4 is 22.7 Å². The highest BCUT2D eigenvalue weighted by molar-refractivity contribution is 6.13. The van der Waals surface area contributed by atoms with Crippen molar-refractivity contribution in [1.82, 2.24) is 0 Å². The van der Waals surface area contributed by atoms with Crippen LogP contribution < -0.4 is 0 Å². The van der Waals surface area contributed by atoms with Crippen molar-refractivity contribution in [3.8, 4) is 22.5 Å². The Morgan fingerprint density at radius 2 is 1.66 bits per heavy atom. The molecule has 0 aliphatic heterocycles. The van der Waals surface area contributed by atoms with Crippen LogP contribution in [0.4, 0.5) is 22.0 Å². The molecule has 4 nitrogen and oxygen atoms in total. The number of Topliss-reactive ketones (excluding diaryl/α,β-unsaturated/α-hetero) is 1. The molecule has 0 aliphatic carbocycles. The summed E-state index contributed by atoms with van der Waals surface area (Å²) in [6, 6.07) is 10.6. The van der Waals surface area contributed by atoms with Crippen LogP contribution in [-0.2, 0) is 11.2 Å². The number of aryl methyl sites for hydroxylation is 2. The molecule has 38 heavy (non-hydrogen) atoms. The van der Waals surface area contributed by atoms with Gasteiger partial charge in [-0.25, -0.2) is 13.6 Å². The number of methoxy groups -OCH3 is 1. The first-order valence-corrected chi connectivity index (χ1v) is 11.8. The van der Waals surface area contributed by atoms with E-state index < -0.39 is 36.6 Å². The van der Waals surface area contributed by atoms with E-state index in [1.807, 2.05) is 0 Å². The number of ether oxygens (including phenoxy) is 1. The summed E-state index contributed by atoms with van der Waals surface area (Å²) in [5.41, 5.74) is 1.62. The van der Waals surface area contributed by atoms with Gasteiger partial charge in [-0.05, 0) is 84.1 Å². The van der Waals surface area contributed by atoms with Gasteiger partial charge in [-0.2, -0.15) is 13.2 Å². The van der Waals surface area contributed by atoms with E-state index in [0.717, 1.165) is 13.2 Å². The number of alkyl halides is 3. The van der Waals surface area contributed by atoms with Gasteiger partial charge in [-0.1, -0.05) is 6.92 Å². The molecule has 0 amide bonds. The summed E-state index contributed by atoms with van der Waals surface area (Å²) >= 11 is 0. The molecule has 1 aromatic heterocycles. The van der Waals surface area contributed by atoms with Crippen LogP contribution in [0, 0.1) is 18.6 Å². The number of ketones is 1. The quantitative estimate of drug-likeness (QED) is 0.137. The van der Waals surface area contributed by atoms with Gasteiger partial charge in [-0.3, -0.25) is 4.79 Å². The Balaban J connectivity index is 2.04. The molecule has 0 radical (unpaired) electrons. The minimum Gasteiger partial charge on any atom is -0.465 e. The van der Waals surface area contributed by atoms with E-state index >= 15 is 0 Å². The summed E-state index contributed by atoms with van der Waals surface area (Å²) in [5.74, 6) is -2.39.